The van der Waals surface area contributed by atoms with Gasteiger partial charge in [0, 0.05) is 9.75 Å². The molecule has 1 aliphatic carbocycles. The van der Waals surface area contributed by atoms with Crippen LogP contribution in [0.3, 0.4) is 0 Å². The van der Waals surface area contributed by atoms with E-state index in [1.165, 1.54) is 41.9 Å². The third-order valence-corrected chi connectivity index (χ3v) is 5.56. The van der Waals surface area contributed by atoms with Crippen molar-refractivity contribution in [3.63, 3.8) is 0 Å². The number of rotatable bonds is 4. The van der Waals surface area contributed by atoms with E-state index in [-0.39, 0.29) is 5.56 Å². The summed E-state index contributed by atoms with van der Waals surface area (Å²) in [6.07, 6.45) is 3.75. The van der Waals surface area contributed by atoms with Crippen molar-refractivity contribution in [1.29, 1.82) is 0 Å². The van der Waals surface area contributed by atoms with Gasteiger partial charge in [0.1, 0.15) is 11.6 Å². The molecular formula is C21H18F2S. The van der Waals surface area contributed by atoms with Gasteiger partial charge in [-0.2, -0.15) is 0 Å². The lowest BCUT2D eigenvalue weighted by atomic mass is 9.99. The van der Waals surface area contributed by atoms with Gasteiger partial charge in [0.25, 0.3) is 0 Å². The molecule has 0 amide bonds. The van der Waals surface area contributed by atoms with Crippen molar-refractivity contribution in [2.75, 3.05) is 0 Å². The minimum atomic E-state index is -0.506. The number of halogens is 2. The van der Waals surface area contributed by atoms with E-state index in [0.29, 0.717) is 10.4 Å². The Morgan fingerprint density at radius 3 is 2.12 bits per heavy atom. The molecule has 122 valence electrons. The molecule has 0 aliphatic heterocycles. The van der Waals surface area contributed by atoms with E-state index < -0.39 is 11.6 Å². The molecule has 0 saturated heterocycles. The van der Waals surface area contributed by atoms with Crippen molar-refractivity contribution in [2.45, 2.75) is 26.2 Å². The third kappa shape index (κ3) is 3.13. The van der Waals surface area contributed by atoms with Crippen molar-refractivity contribution in [3.05, 3.63) is 70.6 Å². The molecule has 1 fully saturated rings. The lowest BCUT2D eigenvalue weighted by Gasteiger charge is -2.08. The van der Waals surface area contributed by atoms with Gasteiger partial charge in [0.05, 0.1) is 5.56 Å². The Morgan fingerprint density at radius 2 is 1.58 bits per heavy atom. The predicted molar refractivity (Wildman–Crippen MR) is 96.3 cm³/mol. The maximum Gasteiger partial charge on any atom is 0.135 e. The summed E-state index contributed by atoms with van der Waals surface area (Å²) in [7, 11) is 0. The summed E-state index contributed by atoms with van der Waals surface area (Å²) in [4.78, 5) is 1.67. The summed E-state index contributed by atoms with van der Waals surface area (Å²) >= 11 is 1.40. The maximum absolute atomic E-state index is 14.5. The Labute approximate surface area is 144 Å². The van der Waals surface area contributed by atoms with E-state index in [9.17, 15) is 8.78 Å². The average molecular weight is 340 g/mol. The van der Waals surface area contributed by atoms with Gasteiger partial charge in [-0.1, -0.05) is 24.3 Å². The Balaban J connectivity index is 1.66. The van der Waals surface area contributed by atoms with Crippen molar-refractivity contribution in [2.24, 2.45) is 5.92 Å². The molecule has 1 saturated carbocycles. The second-order valence-corrected chi connectivity index (χ2v) is 7.86. The highest BCUT2D eigenvalue weighted by atomic mass is 32.1. The molecule has 0 nitrogen and oxygen atoms in total. The van der Waals surface area contributed by atoms with E-state index in [2.05, 4.69) is 12.1 Å². The van der Waals surface area contributed by atoms with E-state index in [4.69, 9.17) is 0 Å². The Morgan fingerprint density at radius 1 is 0.917 bits per heavy atom. The van der Waals surface area contributed by atoms with Gasteiger partial charge in [-0.3, -0.25) is 0 Å². The third-order valence-electron chi connectivity index (χ3n) is 4.54. The minimum Gasteiger partial charge on any atom is -0.206 e. The van der Waals surface area contributed by atoms with Gasteiger partial charge >= 0.3 is 0 Å². The fourth-order valence-corrected chi connectivity index (χ4v) is 3.95. The standard InChI is InChI=1S/C21H18F2S/c1-13-2-9-20(24-13)21-18(22)11-17(12-19(21)23)16-7-5-15(6-8-16)10-14-3-4-14/h2,5-9,11-12,14H,3-4,10H2,1H3. The predicted octanol–water partition coefficient (Wildman–Crippen LogP) is 6.62. The fraction of sp³-hybridized carbons (Fsp3) is 0.238. The van der Waals surface area contributed by atoms with Crippen LogP contribution in [-0.2, 0) is 6.42 Å². The van der Waals surface area contributed by atoms with Gasteiger partial charge in [-0.05, 0) is 73.1 Å². The molecule has 0 radical (unpaired) electrons. The van der Waals surface area contributed by atoms with Crippen LogP contribution < -0.4 is 0 Å². The Hall–Kier alpha value is -2.00. The smallest absolute Gasteiger partial charge is 0.135 e. The van der Waals surface area contributed by atoms with E-state index in [1.807, 2.05) is 25.1 Å². The summed E-state index contributed by atoms with van der Waals surface area (Å²) < 4.78 is 29.0. The molecule has 0 bridgehead atoms. The highest BCUT2D eigenvalue weighted by Gasteiger charge is 2.21. The van der Waals surface area contributed by atoms with Crippen LogP contribution in [0, 0.1) is 24.5 Å². The minimum absolute atomic E-state index is 0.0715. The molecule has 4 rings (SSSR count). The summed E-state index contributed by atoms with van der Waals surface area (Å²) in [5, 5.41) is 0. The van der Waals surface area contributed by atoms with Gasteiger partial charge in [-0.15, -0.1) is 11.3 Å². The first kappa shape index (κ1) is 15.5. The first-order chi connectivity index (χ1) is 11.6. The van der Waals surface area contributed by atoms with Crippen LogP contribution in [0.4, 0.5) is 8.78 Å². The number of thiophene rings is 1. The molecule has 0 unspecified atom stereocenters. The molecule has 3 heteroatoms. The average Bonchev–Trinajstić information content (AvgIpc) is 3.27. The van der Waals surface area contributed by atoms with Crippen LogP contribution in [0.1, 0.15) is 23.3 Å². The van der Waals surface area contributed by atoms with Crippen LogP contribution in [0.5, 0.6) is 0 Å². The molecule has 1 aliphatic rings. The van der Waals surface area contributed by atoms with Crippen molar-refractivity contribution >= 4 is 11.3 Å². The van der Waals surface area contributed by atoms with Crippen LogP contribution in [0.15, 0.2) is 48.5 Å². The number of benzene rings is 2. The second-order valence-electron chi connectivity index (χ2n) is 6.57. The summed E-state index contributed by atoms with van der Waals surface area (Å²) in [6.45, 7) is 1.93. The summed E-state index contributed by atoms with van der Waals surface area (Å²) in [6, 6.07) is 14.6. The van der Waals surface area contributed by atoms with Gasteiger partial charge in [0.15, 0.2) is 0 Å². The Bertz CT molecular complexity index is 850. The molecule has 0 atom stereocenters. The van der Waals surface area contributed by atoms with Crippen molar-refractivity contribution < 1.29 is 8.78 Å². The summed E-state index contributed by atoms with van der Waals surface area (Å²) in [5.41, 5.74) is 2.80. The van der Waals surface area contributed by atoms with Gasteiger partial charge in [0.2, 0.25) is 0 Å². The van der Waals surface area contributed by atoms with Crippen LogP contribution in [-0.4, -0.2) is 0 Å². The lowest BCUT2D eigenvalue weighted by Crippen LogP contribution is -1.91. The normalized spacial score (nSPS) is 14.1. The molecule has 3 aromatic rings. The summed E-state index contributed by atoms with van der Waals surface area (Å²) in [5.74, 6) is -0.179. The number of aryl methyl sites for hydroxylation is 1. The van der Waals surface area contributed by atoms with E-state index in [0.717, 1.165) is 22.8 Å². The van der Waals surface area contributed by atoms with Crippen molar-refractivity contribution in [1.82, 2.24) is 0 Å². The highest BCUT2D eigenvalue weighted by Crippen LogP contribution is 2.36. The zero-order valence-corrected chi connectivity index (χ0v) is 14.3. The van der Waals surface area contributed by atoms with Gasteiger partial charge in [-0.25, -0.2) is 8.78 Å². The zero-order chi connectivity index (χ0) is 16.7. The molecule has 24 heavy (non-hydrogen) atoms. The van der Waals surface area contributed by atoms with Gasteiger partial charge < -0.3 is 0 Å². The highest BCUT2D eigenvalue weighted by molar-refractivity contribution is 7.15. The fourth-order valence-electron chi connectivity index (χ4n) is 3.03. The SMILES string of the molecule is Cc1ccc(-c2c(F)cc(-c3ccc(CC4CC4)cc3)cc2F)s1. The monoisotopic (exact) mass is 340 g/mol. The van der Waals surface area contributed by atoms with E-state index in [1.54, 1.807) is 6.07 Å². The second kappa shape index (κ2) is 6.14. The first-order valence-corrected chi connectivity index (χ1v) is 9.07. The molecule has 1 heterocycles. The van der Waals surface area contributed by atoms with Crippen LogP contribution in [0.25, 0.3) is 21.6 Å². The van der Waals surface area contributed by atoms with E-state index >= 15 is 0 Å². The van der Waals surface area contributed by atoms with Crippen LogP contribution >= 0.6 is 11.3 Å². The number of hydrogen-bond donors (Lipinski definition) is 0. The number of hydrogen-bond acceptors (Lipinski definition) is 1. The molecule has 2 aromatic carbocycles. The molecule has 1 aromatic heterocycles. The Kier molecular flexibility index (Phi) is 3.97. The molecular weight excluding hydrogens is 322 g/mol. The lowest BCUT2D eigenvalue weighted by molar-refractivity contribution is 0.591. The molecule has 0 N–H and O–H groups in total. The largest absolute Gasteiger partial charge is 0.206 e. The van der Waals surface area contributed by atoms with Crippen molar-refractivity contribution in [3.8, 4) is 21.6 Å². The zero-order valence-electron chi connectivity index (χ0n) is 13.5. The quantitative estimate of drug-likeness (QED) is 0.500. The topological polar surface area (TPSA) is 0 Å². The first-order valence-electron chi connectivity index (χ1n) is 8.25. The molecule has 0 spiro atoms. The maximum atomic E-state index is 14.5. The van der Waals surface area contributed by atoms with Crippen LogP contribution in [0.2, 0.25) is 0 Å².